The van der Waals surface area contributed by atoms with Gasteiger partial charge in [0.2, 0.25) is 5.82 Å². The van der Waals surface area contributed by atoms with Gasteiger partial charge < -0.3 is 14.8 Å². The summed E-state index contributed by atoms with van der Waals surface area (Å²) in [6.07, 6.45) is 1.43. The lowest BCUT2D eigenvalue weighted by molar-refractivity contribution is 0.0685. The van der Waals surface area contributed by atoms with Gasteiger partial charge in [-0.2, -0.15) is 0 Å². The molecule has 1 aromatic heterocycles. The van der Waals surface area contributed by atoms with Crippen LogP contribution in [0.15, 0.2) is 24.4 Å². The molecule has 2 aromatic rings. The first-order chi connectivity index (χ1) is 8.11. The third-order valence-electron chi connectivity index (χ3n) is 2.24. The van der Waals surface area contributed by atoms with Crippen molar-refractivity contribution in [1.82, 2.24) is 9.97 Å². The Kier molecular flexibility index (Phi) is 3.01. The first-order valence-electron chi connectivity index (χ1n) is 4.74. The van der Waals surface area contributed by atoms with Crippen molar-refractivity contribution in [2.24, 2.45) is 0 Å². The zero-order valence-electron chi connectivity index (χ0n) is 8.90. The minimum absolute atomic E-state index is 0.119. The molecule has 5 nitrogen and oxygen atoms in total. The van der Waals surface area contributed by atoms with Crippen LogP contribution >= 0.6 is 11.6 Å². The van der Waals surface area contributed by atoms with Gasteiger partial charge in [-0.1, -0.05) is 11.6 Å². The molecule has 17 heavy (non-hydrogen) atoms. The maximum absolute atomic E-state index is 10.7. The second-order valence-electron chi connectivity index (χ2n) is 3.30. The highest BCUT2D eigenvalue weighted by Gasteiger charge is 2.11. The fourth-order valence-corrected chi connectivity index (χ4v) is 1.68. The molecule has 0 aliphatic carbocycles. The van der Waals surface area contributed by atoms with Crippen LogP contribution in [-0.4, -0.2) is 28.2 Å². The number of rotatable bonds is 3. The number of hydrogen-bond acceptors (Lipinski definition) is 3. The first-order valence-corrected chi connectivity index (χ1v) is 5.12. The molecule has 0 saturated carbocycles. The minimum Gasteiger partial charge on any atom is -0.497 e. The Labute approximate surface area is 102 Å². The van der Waals surface area contributed by atoms with Gasteiger partial charge in [0.25, 0.3) is 0 Å². The Morgan fingerprint density at radius 1 is 1.53 bits per heavy atom. The highest BCUT2D eigenvalue weighted by Crippen LogP contribution is 2.29. The van der Waals surface area contributed by atoms with Crippen molar-refractivity contribution in [3.8, 4) is 17.0 Å². The maximum atomic E-state index is 10.7. The zero-order valence-corrected chi connectivity index (χ0v) is 9.65. The molecule has 1 aromatic carbocycles. The van der Waals surface area contributed by atoms with E-state index in [1.165, 1.54) is 6.20 Å². The number of carbonyl (C=O) groups is 1. The van der Waals surface area contributed by atoms with Crippen LogP contribution in [0.1, 0.15) is 10.6 Å². The summed E-state index contributed by atoms with van der Waals surface area (Å²) in [7, 11) is 1.55. The largest absolute Gasteiger partial charge is 0.497 e. The summed E-state index contributed by atoms with van der Waals surface area (Å²) in [5, 5.41) is 9.21. The summed E-state index contributed by atoms with van der Waals surface area (Å²) in [5.41, 5.74) is 1.22. The van der Waals surface area contributed by atoms with Crippen molar-refractivity contribution in [2.75, 3.05) is 7.11 Å². The number of nitrogens with one attached hydrogen (secondary N) is 1. The number of aromatic nitrogens is 2. The van der Waals surface area contributed by atoms with Crippen LogP contribution < -0.4 is 4.74 Å². The molecule has 88 valence electrons. The van der Waals surface area contributed by atoms with Crippen LogP contribution in [0.4, 0.5) is 0 Å². The highest BCUT2D eigenvalue weighted by atomic mass is 35.5. The Hall–Kier alpha value is -2.01. The number of nitrogens with zero attached hydrogens (tertiary/aromatic N) is 1. The molecule has 0 spiro atoms. The Bertz CT molecular complexity index is 566. The highest BCUT2D eigenvalue weighted by molar-refractivity contribution is 6.33. The van der Waals surface area contributed by atoms with Gasteiger partial charge in [0.15, 0.2) is 0 Å². The average Bonchev–Trinajstić information content (AvgIpc) is 2.78. The molecule has 6 heteroatoms. The van der Waals surface area contributed by atoms with E-state index in [0.717, 1.165) is 0 Å². The van der Waals surface area contributed by atoms with E-state index in [-0.39, 0.29) is 5.82 Å². The number of carboxylic acids is 1. The Morgan fingerprint density at radius 2 is 2.29 bits per heavy atom. The summed E-state index contributed by atoms with van der Waals surface area (Å²) < 4.78 is 5.02. The predicted molar refractivity (Wildman–Crippen MR) is 62.5 cm³/mol. The molecule has 2 N–H and O–H groups in total. The number of ether oxygens (including phenoxy) is 1. The molecule has 2 rings (SSSR count). The van der Waals surface area contributed by atoms with E-state index >= 15 is 0 Å². The third kappa shape index (κ3) is 2.24. The number of hydrogen-bond donors (Lipinski definition) is 2. The SMILES string of the molecule is COc1ccc(-c2cnc(C(=O)O)[nH]2)c(Cl)c1. The van der Waals surface area contributed by atoms with Gasteiger partial charge in [-0.25, -0.2) is 9.78 Å². The second kappa shape index (κ2) is 4.47. The molecular formula is C11H9ClN2O3. The van der Waals surface area contributed by atoms with E-state index in [9.17, 15) is 4.79 Å². The molecule has 0 fully saturated rings. The molecule has 0 unspecified atom stereocenters. The number of aromatic carboxylic acids is 1. The van der Waals surface area contributed by atoms with Crippen LogP contribution in [0.2, 0.25) is 5.02 Å². The molecule has 0 amide bonds. The summed E-state index contributed by atoms with van der Waals surface area (Å²) >= 11 is 6.06. The summed E-state index contributed by atoms with van der Waals surface area (Å²) in [6, 6.07) is 5.13. The minimum atomic E-state index is -1.11. The van der Waals surface area contributed by atoms with E-state index in [2.05, 4.69) is 9.97 Å². The van der Waals surface area contributed by atoms with E-state index in [1.807, 2.05) is 0 Å². The zero-order chi connectivity index (χ0) is 12.4. The molecule has 0 atom stereocenters. The van der Waals surface area contributed by atoms with Gasteiger partial charge in [0.05, 0.1) is 24.0 Å². The molecule has 0 saturated heterocycles. The van der Waals surface area contributed by atoms with Gasteiger partial charge in [-0.3, -0.25) is 0 Å². The van der Waals surface area contributed by atoms with E-state index in [4.69, 9.17) is 21.4 Å². The van der Waals surface area contributed by atoms with Crippen molar-refractivity contribution in [1.29, 1.82) is 0 Å². The number of imidazole rings is 1. The lowest BCUT2D eigenvalue weighted by Crippen LogP contribution is -1.98. The van der Waals surface area contributed by atoms with Gasteiger partial charge in [0.1, 0.15) is 5.75 Å². The molecule has 0 aliphatic rings. The normalized spacial score (nSPS) is 10.2. The average molecular weight is 253 g/mol. The molecule has 1 heterocycles. The maximum Gasteiger partial charge on any atom is 0.371 e. The summed E-state index contributed by atoms with van der Waals surface area (Å²) in [6.45, 7) is 0. The lowest BCUT2D eigenvalue weighted by atomic mass is 10.1. The van der Waals surface area contributed by atoms with Gasteiger partial charge in [-0.15, -0.1) is 0 Å². The fraction of sp³-hybridized carbons (Fsp3) is 0.0909. The van der Waals surface area contributed by atoms with Crippen molar-refractivity contribution >= 4 is 17.6 Å². The Morgan fingerprint density at radius 3 is 2.82 bits per heavy atom. The molecule has 0 bridgehead atoms. The fourth-order valence-electron chi connectivity index (χ4n) is 1.41. The number of benzene rings is 1. The smallest absolute Gasteiger partial charge is 0.371 e. The first kappa shape index (κ1) is 11.5. The second-order valence-corrected chi connectivity index (χ2v) is 3.70. The van der Waals surface area contributed by atoms with Gasteiger partial charge in [0, 0.05) is 5.56 Å². The Balaban J connectivity index is 2.42. The molecule has 0 aliphatic heterocycles. The van der Waals surface area contributed by atoms with Gasteiger partial charge >= 0.3 is 5.97 Å². The van der Waals surface area contributed by atoms with Crippen LogP contribution in [0.5, 0.6) is 5.75 Å². The van der Waals surface area contributed by atoms with Crippen molar-refractivity contribution in [2.45, 2.75) is 0 Å². The number of methoxy groups -OCH3 is 1. The van der Waals surface area contributed by atoms with E-state index in [0.29, 0.717) is 22.0 Å². The standard InChI is InChI=1S/C11H9ClN2O3/c1-17-6-2-3-7(8(12)4-6)9-5-13-10(14-9)11(15)16/h2-5H,1H3,(H,13,14)(H,15,16). The predicted octanol–water partition coefficient (Wildman–Crippen LogP) is 2.44. The van der Waals surface area contributed by atoms with Crippen LogP contribution in [0.3, 0.4) is 0 Å². The molecule has 0 radical (unpaired) electrons. The van der Waals surface area contributed by atoms with Crippen LogP contribution in [0, 0.1) is 0 Å². The third-order valence-corrected chi connectivity index (χ3v) is 2.56. The topological polar surface area (TPSA) is 75.2 Å². The van der Waals surface area contributed by atoms with Gasteiger partial charge in [-0.05, 0) is 18.2 Å². The number of H-pyrrole nitrogens is 1. The van der Waals surface area contributed by atoms with E-state index < -0.39 is 5.97 Å². The summed E-state index contributed by atoms with van der Waals surface area (Å²) in [5.74, 6) is -0.593. The number of aromatic amines is 1. The monoisotopic (exact) mass is 252 g/mol. The van der Waals surface area contributed by atoms with Crippen molar-refractivity contribution in [3.63, 3.8) is 0 Å². The summed E-state index contributed by atoms with van der Waals surface area (Å²) in [4.78, 5) is 17.1. The number of halogens is 1. The number of carboxylic acid groups (broad SMARTS) is 1. The van der Waals surface area contributed by atoms with Crippen molar-refractivity contribution < 1.29 is 14.6 Å². The van der Waals surface area contributed by atoms with Crippen LogP contribution in [0.25, 0.3) is 11.3 Å². The quantitative estimate of drug-likeness (QED) is 0.880. The lowest BCUT2D eigenvalue weighted by Gasteiger charge is -2.04. The van der Waals surface area contributed by atoms with E-state index in [1.54, 1.807) is 25.3 Å². The molecular weight excluding hydrogens is 244 g/mol. The van der Waals surface area contributed by atoms with Crippen molar-refractivity contribution in [3.05, 3.63) is 35.2 Å². The van der Waals surface area contributed by atoms with Crippen LogP contribution in [-0.2, 0) is 0 Å².